The van der Waals surface area contributed by atoms with Crippen LogP contribution >= 0.6 is 36.2 Å². The topological polar surface area (TPSA) is 83.0 Å². The molecule has 2 N–H and O–H groups in total. The maximum atomic E-state index is 13.5. The number of aromatic nitrogens is 3. The van der Waals surface area contributed by atoms with Crippen LogP contribution in [0.4, 0.5) is 21.8 Å². The van der Waals surface area contributed by atoms with Crippen LogP contribution in [0.25, 0.3) is 0 Å². The summed E-state index contributed by atoms with van der Waals surface area (Å²) < 4.78 is 16.5. The van der Waals surface area contributed by atoms with E-state index in [2.05, 4.69) is 70.2 Å². The van der Waals surface area contributed by atoms with Crippen molar-refractivity contribution in [2.75, 3.05) is 22.6 Å². The Kier molecular flexibility index (Phi) is 16.9. The second kappa shape index (κ2) is 19.8. The van der Waals surface area contributed by atoms with Gasteiger partial charge >= 0.3 is 0 Å². The minimum atomic E-state index is -0.386. The molecule has 236 valence electrons. The molecule has 1 aliphatic heterocycles. The van der Waals surface area contributed by atoms with E-state index in [4.69, 9.17) is 11.6 Å². The Morgan fingerprint density at radius 1 is 1.14 bits per heavy atom. The maximum Gasteiger partial charge on any atom is 0.227 e. The zero-order valence-corrected chi connectivity index (χ0v) is 28.6. The van der Waals surface area contributed by atoms with Gasteiger partial charge in [0.2, 0.25) is 5.95 Å². The first-order chi connectivity index (χ1) is 20.7. The number of pyridine rings is 1. The molecule has 2 aromatic heterocycles. The highest BCUT2D eigenvalue weighted by Crippen LogP contribution is 2.29. The lowest BCUT2D eigenvalue weighted by Crippen LogP contribution is -2.31. The standard InChI is InChI=1S/C20H26ClFN4.C11H16N2OS.CH4S/c1-4-5-18(6-13(2)3)26-11-14-10-23-20(25-19(14)12-26)24-17-8-15(21)7-16(22)9-17;1-3-4-5-10(14)9-6-7-12-11(8-9)13-15-2;1-2/h7-10,13,18H,4-6,11-12H2,1-3H3,(H,23,24,25);6-8H,3-5H2,1-2H3,(H,12,13);2H,1H3/t18-;;/m0../s1. The van der Waals surface area contributed by atoms with Crippen molar-refractivity contribution < 1.29 is 9.18 Å². The van der Waals surface area contributed by atoms with E-state index in [-0.39, 0.29) is 11.6 Å². The number of Topliss-reactive ketones (excluding diaryl/α,β-unsaturated/α-hetero) is 1. The largest absolute Gasteiger partial charge is 0.324 e. The Morgan fingerprint density at radius 3 is 2.56 bits per heavy atom. The Morgan fingerprint density at radius 2 is 1.91 bits per heavy atom. The number of ketones is 1. The smallest absolute Gasteiger partial charge is 0.227 e. The van der Waals surface area contributed by atoms with Gasteiger partial charge in [-0.3, -0.25) is 9.69 Å². The van der Waals surface area contributed by atoms with Crippen LogP contribution in [0, 0.1) is 11.7 Å². The van der Waals surface area contributed by atoms with Gasteiger partial charge < -0.3 is 10.0 Å². The summed E-state index contributed by atoms with van der Waals surface area (Å²) in [6, 6.07) is 8.46. The number of thiol groups is 1. The van der Waals surface area contributed by atoms with Crippen LogP contribution in [0.3, 0.4) is 0 Å². The van der Waals surface area contributed by atoms with Crippen molar-refractivity contribution in [3.05, 3.63) is 70.4 Å². The summed E-state index contributed by atoms with van der Waals surface area (Å²) in [6.45, 7) is 10.6. The highest BCUT2D eigenvalue weighted by Gasteiger charge is 2.27. The number of hydrogen-bond donors (Lipinski definition) is 3. The average Bonchev–Trinajstić information content (AvgIpc) is 3.40. The normalized spacial score (nSPS) is 12.9. The lowest BCUT2D eigenvalue weighted by molar-refractivity contribution is 0.0979. The lowest BCUT2D eigenvalue weighted by atomic mass is 9.99. The summed E-state index contributed by atoms with van der Waals surface area (Å²) in [6.07, 6.45) is 13.4. The number of benzene rings is 1. The zero-order valence-electron chi connectivity index (χ0n) is 26.2. The second-order valence-corrected chi connectivity index (χ2v) is 11.7. The van der Waals surface area contributed by atoms with Gasteiger partial charge in [0, 0.05) is 66.0 Å². The molecule has 1 aliphatic rings. The van der Waals surface area contributed by atoms with Crippen LogP contribution in [0.15, 0.2) is 42.7 Å². The van der Waals surface area contributed by atoms with Gasteiger partial charge in [0.25, 0.3) is 0 Å². The minimum absolute atomic E-state index is 0.198. The molecule has 11 heteroatoms. The highest BCUT2D eigenvalue weighted by atomic mass is 35.5. The fourth-order valence-electron chi connectivity index (χ4n) is 4.82. The van der Waals surface area contributed by atoms with E-state index in [1.54, 1.807) is 30.7 Å². The van der Waals surface area contributed by atoms with Gasteiger partial charge in [0.05, 0.1) is 5.69 Å². The molecular formula is C32H46ClFN6OS2. The van der Waals surface area contributed by atoms with Gasteiger partial charge in [-0.2, -0.15) is 12.6 Å². The predicted molar refractivity (Wildman–Crippen MR) is 184 cm³/mol. The molecule has 0 bridgehead atoms. The number of carbonyl (C=O) groups excluding carboxylic acids is 1. The zero-order chi connectivity index (χ0) is 31.8. The van der Waals surface area contributed by atoms with E-state index >= 15 is 0 Å². The summed E-state index contributed by atoms with van der Waals surface area (Å²) in [5.74, 6) is 1.70. The number of unbranched alkanes of at least 4 members (excludes halogenated alkanes) is 1. The van der Waals surface area contributed by atoms with Gasteiger partial charge in [-0.25, -0.2) is 19.3 Å². The van der Waals surface area contributed by atoms with E-state index in [0.717, 1.165) is 43.0 Å². The summed E-state index contributed by atoms with van der Waals surface area (Å²) >= 11 is 10.9. The molecule has 1 aromatic carbocycles. The number of hydrogen-bond acceptors (Lipinski definition) is 9. The maximum absolute atomic E-state index is 13.5. The van der Waals surface area contributed by atoms with E-state index in [0.29, 0.717) is 35.0 Å². The number of carbonyl (C=O) groups is 1. The molecule has 0 saturated carbocycles. The SMILES string of the molecule is CCCCC(=O)c1ccnc(NSC)c1.CCC[C@@H](CC(C)C)N1Cc2cnc(Nc3cc(F)cc(Cl)c3)nc2C1.CS. The van der Waals surface area contributed by atoms with Gasteiger partial charge in [0.15, 0.2) is 5.78 Å². The van der Waals surface area contributed by atoms with Crippen LogP contribution in [-0.2, 0) is 13.1 Å². The number of nitrogens with zero attached hydrogens (tertiary/aromatic N) is 4. The molecule has 0 spiro atoms. The summed E-state index contributed by atoms with van der Waals surface area (Å²) in [5, 5.41) is 3.39. The molecule has 4 rings (SSSR count). The fraction of sp³-hybridized carbons (Fsp3) is 0.500. The number of fused-ring (bicyclic) bond motifs is 1. The molecule has 0 aliphatic carbocycles. The molecule has 0 amide bonds. The first-order valence-corrected chi connectivity index (χ1v) is 17.3. The fourth-order valence-corrected chi connectivity index (χ4v) is 5.37. The Balaban J connectivity index is 0.000000324. The predicted octanol–water partition coefficient (Wildman–Crippen LogP) is 9.23. The van der Waals surface area contributed by atoms with Crippen LogP contribution in [-0.4, -0.2) is 44.2 Å². The van der Waals surface area contributed by atoms with Gasteiger partial charge in [-0.15, -0.1) is 0 Å². The molecule has 0 saturated heterocycles. The van der Waals surface area contributed by atoms with Crippen molar-refractivity contribution in [1.82, 2.24) is 19.9 Å². The molecule has 0 radical (unpaired) electrons. The van der Waals surface area contributed by atoms with E-state index in [1.807, 2.05) is 12.5 Å². The quantitative estimate of drug-likeness (QED) is 0.0961. The third-order valence-electron chi connectivity index (χ3n) is 6.73. The molecule has 7 nitrogen and oxygen atoms in total. The van der Waals surface area contributed by atoms with Gasteiger partial charge in [0.1, 0.15) is 11.6 Å². The van der Waals surface area contributed by atoms with Crippen molar-refractivity contribution in [2.24, 2.45) is 5.92 Å². The molecule has 0 unspecified atom stereocenters. The van der Waals surface area contributed by atoms with E-state index in [1.165, 1.54) is 48.9 Å². The molecule has 43 heavy (non-hydrogen) atoms. The van der Waals surface area contributed by atoms with Gasteiger partial charge in [-0.1, -0.05) is 64.1 Å². The summed E-state index contributed by atoms with van der Waals surface area (Å²) in [7, 11) is 0. The summed E-state index contributed by atoms with van der Waals surface area (Å²) in [5.41, 5.74) is 3.52. The van der Waals surface area contributed by atoms with E-state index in [9.17, 15) is 9.18 Å². The molecular weight excluding hydrogens is 603 g/mol. The third kappa shape index (κ3) is 12.6. The Bertz CT molecular complexity index is 1260. The first-order valence-electron chi connectivity index (χ1n) is 14.8. The Labute approximate surface area is 271 Å². The van der Waals surface area contributed by atoms with Crippen LogP contribution in [0.1, 0.15) is 87.8 Å². The molecule has 3 aromatic rings. The third-order valence-corrected chi connectivity index (χ3v) is 7.36. The van der Waals surface area contributed by atoms with Crippen molar-refractivity contribution in [3.8, 4) is 0 Å². The van der Waals surface area contributed by atoms with Crippen molar-refractivity contribution in [3.63, 3.8) is 0 Å². The van der Waals surface area contributed by atoms with Gasteiger partial charge in [-0.05, 0) is 61.8 Å². The summed E-state index contributed by atoms with van der Waals surface area (Å²) in [4.78, 5) is 27.4. The van der Waals surface area contributed by atoms with Crippen molar-refractivity contribution in [2.45, 2.75) is 85.4 Å². The highest BCUT2D eigenvalue weighted by molar-refractivity contribution is 7.99. The van der Waals surface area contributed by atoms with Crippen LogP contribution in [0.2, 0.25) is 5.02 Å². The van der Waals surface area contributed by atoms with Crippen LogP contribution in [0.5, 0.6) is 0 Å². The number of halogens is 2. The molecule has 1 atom stereocenters. The molecule has 3 heterocycles. The number of anilines is 3. The number of nitrogens with one attached hydrogen (secondary N) is 2. The monoisotopic (exact) mass is 648 g/mol. The Hall–Kier alpha value is -2.40. The average molecular weight is 649 g/mol. The van der Waals surface area contributed by atoms with Crippen LogP contribution < -0.4 is 10.0 Å². The lowest BCUT2D eigenvalue weighted by Gasteiger charge is -2.28. The minimum Gasteiger partial charge on any atom is -0.324 e. The van der Waals surface area contributed by atoms with Crippen molar-refractivity contribution in [1.29, 1.82) is 0 Å². The second-order valence-electron chi connectivity index (χ2n) is 10.7. The molecule has 0 fully saturated rings. The number of rotatable bonds is 13. The van der Waals surface area contributed by atoms with Crippen molar-refractivity contribution >= 4 is 59.4 Å². The first kappa shape index (κ1) is 36.8. The van der Waals surface area contributed by atoms with E-state index < -0.39 is 0 Å².